The van der Waals surface area contributed by atoms with Gasteiger partial charge in [0.05, 0.1) is 6.42 Å². The first kappa shape index (κ1) is 8.39. The fourth-order valence-corrected chi connectivity index (χ4v) is 0.361. The predicted octanol–water partition coefficient (Wildman–Crippen LogP) is -0.0457. The third-order valence-corrected chi connectivity index (χ3v) is 0.865. The van der Waals surface area contributed by atoms with Gasteiger partial charge in [0.15, 0.2) is 0 Å². The molecule has 0 atom stereocenters. The molecule has 0 bridgehead atoms. The SMILES string of the molecule is CN(C)CCC(=O)OO. The van der Waals surface area contributed by atoms with Crippen LogP contribution in [0.15, 0.2) is 0 Å². The number of carbonyl (C=O) groups is 1. The van der Waals surface area contributed by atoms with E-state index in [0.29, 0.717) is 6.54 Å². The van der Waals surface area contributed by atoms with E-state index in [4.69, 9.17) is 5.26 Å². The molecule has 0 unspecified atom stereocenters. The Morgan fingerprint density at radius 3 is 2.56 bits per heavy atom. The topological polar surface area (TPSA) is 49.8 Å². The van der Waals surface area contributed by atoms with Crippen molar-refractivity contribution in [3.63, 3.8) is 0 Å². The lowest BCUT2D eigenvalue weighted by Gasteiger charge is -2.05. The largest absolute Gasteiger partial charge is 0.343 e. The monoisotopic (exact) mass is 133 g/mol. The van der Waals surface area contributed by atoms with Gasteiger partial charge in [0.1, 0.15) is 0 Å². The maximum atomic E-state index is 10.2. The standard InChI is InChI=1S/C5H11NO3/c1-6(2)4-3-5(7)9-8/h8H,3-4H2,1-2H3. The Bertz CT molecular complexity index is 92.2. The Labute approximate surface area is 54.0 Å². The van der Waals surface area contributed by atoms with Crippen molar-refractivity contribution < 1.29 is 14.9 Å². The van der Waals surface area contributed by atoms with Gasteiger partial charge in [-0.2, -0.15) is 5.26 Å². The molecule has 0 aliphatic rings. The van der Waals surface area contributed by atoms with Crippen LogP contribution in [-0.4, -0.2) is 36.8 Å². The first-order valence-electron chi connectivity index (χ1n) is 2.66. The van der Waals surface area contributed by atoms with Gasteiger partial charge in [0.25, 0.3) is 0 Å². The third-order valence-electron chi connectivity index (χ3n) is 0.865. The minimum atomic E-state index is -0.594. The summed E-state index contributed by atoms with van der Waals surface area (Å²) in [6.07, 6.45) is 0.226. The van der Waals surface area contributed by atoms with Crippen molar-refractivity contribution in [2.75, 3.05) is 20.6 Å². The lowest BCUT2D eigenvalue weighted by atomic mass is 10.4. The fourth-order valence-electron chi connectivity index (χ4n) is 0.361. The summed E-state index contributed by atoms with van der Waals surface area (Å²) in [4.78, 5) is 15.5. The Hall–Kier alpha value is -0.610. The Morgan fingerprint density at radius 1 is 1.67 bits per heavy atom. The minimum Gasteiger partial charge on any atom is -0.309 e. The molecular formula is C5H11NO3. The molecule has 0 spiro atoms. The molecule has 0 heterocycles. The second-order valence-corrected chi connectivity index (χ2v) is 2.02. The zero-order valence-corrected chi connectivity index (χ0v) is 5.63. The molecule has 4 heteroatoms. The highest BCUT2D eigenvalue weighted by molar-refractivity contribution is 5.68. The normalized spacial score (nSPS) is 9.78. The molecule has 1 N–H and O–H groups in total. The van der Waals surface area contributed by atoms with Crippen molar-refractivity contribution in [1.29, 1.82) is 0 Å². The van der Waals surface area contributed by atoms with Gasteiger partial charge in [0.2, 0.25) is 0 Å². The van der Waals surface area contributed by atoms with Gasteiger partial charge < -0.3 is 9.79 Å². The summed E-state index contributed by atoms with van der Waals surface area (Å²) in [7, 11) is 3.68. The zero-order valence-electron chi connectivity index (χ0n) is 5.63. The van der Waals surface area contributed by atoms with Crippen LogP contribution in [-0.2, 0) is 9.68 Å². The number of hydrogen-bond acceptors (Lipinski definition) is 4. The van der Waals surface area contributed by atoms with E-state index < -0.39 is 5.97 Å². The van der Waals surface area contributed by atoms with E-state index in [-0.39, 0.29) is 6.42 Å². The molecule has 4 nitrogen and oxygen atoms in total. The summed E-state index contributed by atoms with van der Waals surface area (Å²) in [6, 6.07) is 0. The predicted molar refractivity (Wildman–Crippen MR) is 31.9 cm³/mol. The van der Waals surface area contributed by atoms with E-state index in [2.05, 4.69) is 4.89 Å². The van der Waals surface area contributed by atoms with Crippen LogP contribution >= 0.6 is 0 Å². The van der Waals surface area contributed by atoms with Gasteiger partial charge in [-0.1, -0.05) is 0 Å². The van der Waals surface area contributed by atoms with Gasteiger partial charge in [-0.05, 0) is 14.1 Å². The van der Waals surface area contributed by atoms with Crippen molar-refractivity contribution in [3.05, 3.63) is 0 Å². The van der Waals surface area contributed by atoms with Crippen LogP contribution in [0.5, 0.6) is 0 Å². The average molecular weight is 133 g/mol. The summed E-state index contributed by atoms with van der Waals surface area (Å²) < 4.78 is 0. The van der Waals surface area contributed by atoms with E-state index in [0.717, 1.165) is 0 Å². The molecule has 0 aromatic carbocycles. The van der Waals surface area contributed by atoms with Gasteiger partial charge in [-0.25, -0.2) is 4.79 Å². The Morgan fingerprint density at radius 2 is 2.22 bits per heavy atom. The highest BCUT2D eigenvalue weighted by atomic mass is 17.1. The van der Waals surface area contributed by atoms with Crippen LogP contribution in [0.25, 0.3) is 0 Å². The van der Waals surface area contributed by atoms with E-state index in [1.807, 2.05) is 19.0 Å². The van der Waals surface area contributed by atoms with Gasteiger partial charge in [0, 0.05) is 6.54 Å². The molecule has 0 saturated carbocycles. The first-order valence-corrected chi connectivity index (χ1v) is 2.66. The third kappa shape index (κ3) is 5.26. The molecule has 9 heavy (non-hydrogen) atoms. The van der Waals surface area contributed by atoms with Crippen molar-refractivity contribution >= 4 is 5.97 Å². The lowest BCUT2D eigenvalue weighted by molar-refractivity contribution is -0.234. The zero-order chi connectivity index (χ0) is 7.28. The highest BCUT2D eigenvalue weighted by Crippen LogP contribution is 1.84. The van der Waals surface area contributed by atoms with Crippen molar-refractivity contribution in [2.24, 2.45) is 0 Å². The molecular weight excluding hydrogens is 122 g/mol. The summed E-state index contributed by atoms with van der Waals surface area (Å²) in [5, 5.41) is 7.78. The number of nitrogens with zero attached hydrogens (tertiary/aromatic N) is 1. The summed E-state index contributed by atoms with van der Waals surface area (Å²) >= 11 is 0. The summed E-state index contributed by atoms with van der Waals surface area (Å²) in [6.45, 7) is 0.597. The van der Waals surface area contributed by atoms with Crippen molar-refractivity contribution in [1.82, 2.24) is 4.90 Å². The van der Waals surface area contributed by atoms with Gasteiger partial charge >= 0.3 is 5.97 Å². The van der Waals surface area contributed by atoms with E-state index >= 15 is 0 Å². The van der Waals surface area contributed by atoms with E-state index in [1.165, 1.54) is 0 Å². The smallest absolute Gasteiger partial charge is 0.309 e. The van der Waals surface area contributed by atoms with Crippen LogP contribution < -0.4 is 0 Å². The van der Waals surface area contributed by atoms with Crippen LogP contribution in [0.1, 0.15) is 6.42 Å². The molecule has 0 aromatic rings. The van der Waals surface area contributed by atoms with Crippen LogP contribution in [0.4, 0.5) is 0 Å². The summed E-state index contributed by atoms with van der Waals surface area (Å²) in [5.41, 5.74) is 0. The van der Waals surface area contributed by atoms with Crippen LogP contribution in [0.3, 0.4) is 0 Å². The van der Waals surface area contributed by atoms with E-state index in [1.54, 1.807) is 0 Å². The molecule has 0 fully saturated rings. The molecule has 0 aromatic heterocycles. The van der Waals surface area contributed by atoms with Crippen molar-refractivity contribution in [3.8, 4) is 0 Å². The second-order valence-electron chi connectivity index (χ2n) is 2.02. The maximum Gasteiger partial charge on any atom is 0.343 e. The average Bonchev–Trinajstić information content (AvgIpc) is 1.83. The summed E-state index contributed by atoms with van der Waals surface area (Å²) in [5.74, 6) is -0.594. The number of rotatable bonds is 3. The lowest BCUT2D eigenvalue weighted by Crippen LogP contribution is -2.17. The van der Waals surface area contributed by atoms with E-state index in [9.17, 15) is 4.79 Å². The van der Waals surface area contributed by atoms with Crippen LogP contribution in [0, 0.1) is 0 Å². The van der Waals surface area contributed by atoms with Crippen molar-refractivity contribution in [2.45, 2.75) is 6.42 Å². The first-order chi connectivity index (χ1) is 4.16. The van der Waals surface area contributed by atoms with Gasteiger partial charge in [-0.3, -0.25) is 0 Å². The van der Waals surface area contributed by atoms with Crippen LogP contribution in [0.2, 0.25) is 0 Å². The molecule has 0 aliphatic carbocycles. The second kappa shape index (κ2) is 4.29. The molecule has 0 radical (unpaired) electrons. The molecule has 0 rings (SSSR count). The number of carbonyl (C=O) groups excluding carboxylic acids is 1. The molecule has 54 valence electrons. The highest BCUT2D eigenvalue weighted by Gasteiger charge is 2.00. The Kier molecular flexibility index (Phi) is 4.00. The Balaban J connectivity index is 3.17. The minimum absolute atomic E-state index is 0.226. The maximum absolute atomic E-state index is 10.2. The number of hydrogen-bond donors (Lipinski definition) is 1. The molecule has 0 saturated heterocycles. The molecule has 0 amide bonds. The van der Waals surface area contributed by atoms with Gasteiger partial charge in [-0.15, -0.1) is 0 Å². The molecule has 0 aliphatic heterocycles. The fraction of sp³-hybridized carbons (Fsp3) is 0.800. The quantitative estimate of drug-likeness (QED) is 0.433.